The number of nitrogens with zero attached hydrogens (tertiary/aromatic N) is 6. The zero-order valence-electron chi connectivity index (χ0n) is 21.5. The summed E-state index contributed by atoms with van der Waals surface area (Å²) < 4.78 is 11.1. The number of amides is 1. The number of methoxy groups -OCH3 is 1. The first-order valence-electron chi connectivity index (χ1n) is 12.7. The lowest BCUT2D eigenvalue weighted by molar-refractivity contribution is 0.0498. The standard InChI is InChI=1S/C27H27Cl2N7O3/c1-16(23-20(28)11-30-12-21(23)29)39-18-4-5-22-19(8-18)24(34-33-22)17-9-31-25(32-10-17)36-14-27(15-36)6-3-7-35(13-27)26(37)38-2/h4-5,8-12,16H,3,6-7,13-15H2,1-2H3,(H,33,34)/t16-/m1/s1. The van der Waals surface area contributed by atoms with Crippen LogP contribution >= 0.6 is 23.2 Å². The minimum absolute atomic E-state index is 0.0745. The van der Waals surface area contributed by atoms with Crippen LogP contribution in [-0.4, -0.2) is 69.4 Å². The number of carbonyl (C=O) groups excluding carboxylic acids is 1. The van der Waals surface area contributed by atoms with E-state index in [0.717, 1.165) is 54.6 Å². The topological polar surface area (TPSA) is 109 Å². The summed E-state index contributed by atoms with van der Waals surface area (Å²) in [4.78, 5) is 29.2. The number of carbonyl (C=O) groups is 1. The van der Waals surface area contributed by atoms with Crippen LogP contribution in [0.25, 0.3) is 22.2 Å². The number of H-pyrrole nitrogens is 1. The van der Waals surface area contributed by atoms with E-state index in [1.165, 1.54) is 7.11 Å². The molecule has 6 rings (SSSR count). The van der Waals surface area contributed by atoms with Gasteiger partial charge in [-0.15, -0.1) is 0 Å². The predicted molar refractivity (Wildman–Crippen MR) is 148 cm³/mol. The van der Waals surface area contributed by atoms with Gasteiger partial charge in [0, 0.05) is 72.9 Å². The van der Waals surface area contributed by atoms with Crippen molar-refractivity contribution >= 4 is 46.1 Å². The van der Waals surface area contributed by atoms with E-state index in [2.05, 4.69) is 30.0 Å². The Morgan fingerprint density at radius 3 is 2.56 bits per heavy atom. The Morgan fingerprint density at radius 1 is 1.10 bits per heavy atom. The molecule has 3 aromatic heterocycles. The van der Waals surface area contributed by atoms with Crippen LogP contribution in [0.1, 0.15) is 31.4 Å². The van der Waals surface area contributed by atoms with Gasteiger partial charge in [-0.2, -0.15) is 5.10 Å². The predicted octanol–water partition coefficient (Wildman–Crippen LogP) is 5.53. The Hall–Kier alpha value is -3.63. The summed E-state index contributed by atoms with van der Waals surface area (Å²) in [6, 6.07) is 5.72. The SMILES string of the molecule is COC(=O)N1CCCC2(C1)CN(c1ncc(-c3n[nH]c4ccc(O[C@H](C)c5c(Cl)cncc5Cl)cc34)cn1)C2. The fraction of sp³-hybridized carbons (Fsp3) is 0.370. The molecule has 2 fully saturated rings. The zero-order chi connectivity index (χ0) is 27.1. The number of rotatable bonds is 5. The molecular weight excluding hydrogens is 541 g/mol. The molecule has 5 heterocycles. The first-order valence-corrected chi connectivity index (χ1v) is 13.5. The molecular formula is C27H27Cl2N7O3. The van der Waals surface area contributed by atoms with Crippen molar-refractivity contribution < 1.29 is 14.3 Å². The first-order chi connectivity index (χ1) is 18.9. The number of fused-ring (bicyclic) bond motifs is 1. The van der Waals surface area contributed by atoms with E-state index in [-0.39, 0.29) is 17.6 Å². The van der Waals surface area contributed by atoms with Crippen molar-refractivity contribution in [2.24, 2.45) is 5.41 Å². The third-order valence-electron chi connectivity index (χ3n) is 7.49. The van der Waals surface area contributed by atoms with Crippen molar-refractivity contribution in [2.45, 2.75) is 25.9 Å². The minimum Gasteiger partial charge on any atom is -0.486 e. The van der Waals surface area contributed by atoms with Gasteiger partial charge < -0.3 is 19.3 Å². The molecule has 0 radical (unpaired) electrons. The third-order valence-corrected chi connectivity index (χ3v) is 8.09. The lowest BCUT2D eigenvalue weighted by Crippen LogP contribution is -2.64. The molecule has 0 bridgehead atoms. The van der Waals surface area contributed by atoms with Crippen LogP contribution in [-0.2, 0) is 4.74 Å². The third kappa shape index (κ3) is 4.83. The number of hydrogen-bond acceptors (Lipinski definition) is 8. The fourth-order valence-corrected chi connectivity index (χ4v) is 6.29. The van der Waals surface area contributed by atoms with Gasteiger partial charge in [0.05, 0.1) is 22.7 Å². The van der Waals surface area contributed by atoms with E-state index < -0.39 is 0 Å². The van der Waals surface area contributed by atoms with Crippen molar-refractivity contribution in [3.63, 3.8) is 0 Å². The molecule has 0 saturated carbocycles. The molecule has 202 valence electrons. The molecule has 1 N–H and O–H groups in total. The maximum atomic E-state index is 12.0. The van der Waals surface area contributed by atoms with E-state index in [1.807, 2.05) is 25.1 Å². The molecule has 4 aromatic rings. The number of likely N-dealkylation sites (tertiary alicyclic amines) is 1. The van der Waals surface area contributed by atoms with E-state index >= 15 is 0 Å². The second kappa shape index (κ2) is 10.2. The summed E-state index contributed by atoms with van der Waals surface area (Å²) in [5.41, 5.74) is 3.15. The number of piperidine rings is 1. The highest BCUT2D eigenvalue weighted by Gasteiger charge is 2.47. The fourth-order valence-electron chi connectivity index (χ4n) is 5.62. The number of pyridine rings is 1. The average molecular weight is 568 g/mol. The molecule has 1 amide bonds. The highest BCUT2D eigenvalue weighted by molar-refractivity contribution is 6.35. The van der Waals surface area contributed by atoms with Crippen LogP contribution < -0.4 is 9.64 Å². The van der Waals surface area contributed by atoms with Crippen LogP contribution in [0, 0.1) is 5.41 Å². The Kier molecular flexibility index (Phi) is 6.68. The van der Waals surface area contributed by atoms with E-state index in [9.17, 15) is 4.79 Å². The molecule has 2 aliphatic heterocycles. The summed E-state index contributed by atoms with van der Waals surface area (Å²) in [5.74, 6) is 1.32. The van der Waals surface area contributed by atoms with E-state index in [4.69, 9.17) is 32.7 Å². The number of anilines is 1. The quantitative estimate of drug-likeness (QED) is 0.335. The van der Waals surface area contributed by atoms with Crippen LogP contribution in [0.15, 0.2) is 43.0 Å². The van der Waals surface area contributed by atoms with Gasteiger partial charge in [-0.1, -0.05) is 23.2 Å². The number of nitrogens with one attached hydrogen (secondary N) is 1. The summed E-state index contributed by atoms with van der Waals surface area (Å²) in [5, 5.41) is 9.37. The van der Waals surface area contributed by atoms with Crippen LogP contribution in [0.4, 0.5) is 10.7 Å². The van der Waals surface area contributed by atoms with Gasteiger partial charge in [0.25, 0.3) is 0 Å². The van der Waals surface area contributed by atoms with E-state index in [1.54, 1.807) is 29.7 Å². The van der Waals surface area contributed by atoms with Gasteiger partial charge in [0.1, 0.15) is 17.5 Å². The van der Waals surface area contributed by atoms with Crippen molar-refractivity contribution in [1.82, 2.24) is 30.0 Å². The Bertz CT molecular complexity index is 1500. The largest absolute Gasteiger partial charge is 0.486 e. The van der Waals surface area contributed by atoms with Gasteiger partial charge in [0.15, 0.2) is 0 Å². The summed E-state index contributed by atoms with van der Waals surface area (Å²) >= 11 is 12.6. The second-order valence-corrected chi connectivity index (χ2v) is 11.0. The molecule has 1 spiro atoms. The smallest absolute Gasteiger partial charge is 0.409 e. The summed E-state index contributed by atoms with van der Waals surface area (Å²) in [7, 11) is 1.43. The number of aromatic amines is 1. The van der Waals surface area contributed by atoms with Gasteiger partial charge in [0.2, 0.25) is 5.95 Å². The molecule has 2 saturated heterocycles. The first kappa shape index (κ1) is 25.6. The lowest BCUT2D eigenvalue weighted by atomic mass is 9.73. The van der Waals surface area contributed by atoms with Crippen molar-refractivity contribution in [3.05, 3.63) is 58.6 Å². The number of hydrogen-bond donors (Lipinski definition) is 1. The van der Waals surface area contributed by atoms with Gasteiger partial charge in [-0.25, -0.2) is 14.8 Å². The highest BCUT2D eigenvalue weighted by atomic mass is 35.5. The summed E-state index contributed by atoms with van der Waals surface area (Å²) in [6.45, 7) is 4.97. The van der Waals surface area contributed by atoms with Gasteiger partial charge >= 0.3 is 6.09 Å². The zero-order valence-corrected chi connectivity index (χ0v) is 23.0. The second-order valence-electron chi connectivity index (χ2n) is 10.2. The summed E-state index contributed by atoms with van der Waals surface area (Å²) in [6.07, 6.45) is 8.10. The molecule has 39 heavy (non-hydrogen) atoms. The maximum absolute atomic E-state index is 12.0. The maximum Gasteiger partial charge on any atom is 0.409 e. The molecule has 0 aliphatic carbocycles. The van der Waals surface area contributed by atoms with Crippen molar-refractivity contribution in [3.8, 4) is 17.0 Å². The van der Waals surface area contributed by atoms with Gasteiger partial charge in [-0.05, 0) is 38.0 Å². The molecule has 2 aliphatic rings. The van der Waals surface area contributed by atoms with E-state index in [0.29, 0.717) is 33.9 Å². The molecule has 0 unspecified atom stereocenters. The monoisotopic (exact) mass is 567 g/mol. The minimum atomic E-state index is -0.382. The molecule has 10 nitrogen and oxygen atoms in total. The molecule has 1 aromatic carbocycles. The van der Waals surface area contributed by atoms with Crippen LogP contribution in [0.2, 0.25) is 10.0 Å². The molecule has 1 atom stereocenters. The van der Waals surface area contributed by atoms with Gasteiger partial charge in [-0.3, -0.25) is 10.1 Å². The molecule has 12 heteroatoms. The Balaban J connectivity index is 1.17. The van der Waals surface area contributed by atoms with Crippen molar-refractivity contribution in [1.29, 1.82) is 0 Å². The number of aromatic nitrogens is 5. The normalized spacial score (nSPS) is 17.2. The number of ether oxygens (including phenoxy) is 2. The van der Waals surface area contributed by atoms with Crippen molar-refractivity contribution in [2.75, 3.05) is 38.2 Å². The van der Waals surface area contributed by atoms with Crippen LogP contribution in [0.3, 0.4) is 0 Å². The Labute approximate surface area is 235 Å². The average Bonchev–Trinajstić information content (AvgIpc) is 3.34. The Morgan fingerprint density at radius 2 is 1.85 bits per heavy atom. The number of benzene rings is 1. The van der Waals surface area contributed by atoms with Crippen LogP contribution in [0.5, 0.6) is 5.75 Å². The lowest BCUT2D eigenvalue weighted by Gasteiger charge is -2.54. The number of halogens is 2. The highest BCUT2D eigenvalue weighted by Crippen LogP contribution is 2.41.